The van der Waals surface area contributed by atoms with E-state index in [1.807, 2.05) is 25.1 Å². The first kappa shape index (κ1) is 13.5. The van der Waals surface area contributed by atoms with Crippen LogP contribution in [0.5, 0.6) is 5.75 Å². The van der Waals surface area contributed by atoms with Gasteiger partial charge in [0, 0.05) is 17.1 Å². The van der Waals surface area contributed by atoms with Gasteiger partial charge in [-0.1, -0.05) is 25.4 Å². The normalized spacial score (nSPS) is 25.4. The lowest BCUT2D eigenvalue weighted by Crippen LogP contribution is -2.56. The van der Waals surface area contributed by atoms with E-state index in [1.54, 1.807) is 0 Å². The fourth-order valence-electron chi connectivity index (χ4n) is 2.21. The molecule has 2 N–H and O–H groups in total. The summed E-state index contributed by atoms with van der Waals surface area (Å²) in [5, 5.41) is 13.7. The fourth-order valence-corrected chi connectivity index (χ4v) is 2.45. The van der Waals surface area contributed by atoms with Crippen molar-refractivity contribution in [2.45, 2.75) is 39.3 Å². The second-order valence-corrected chi connectivity index (χ2v) is 5.76. The number of nitrogens with one attached hydrogen (secondary N) is 1. The first-order valence-electron chi connectivity index (χ1n) is 6.32. The van der Waals surface area contributed by atoms with E-state index in [4.69, 9.17) is 16.3 Å². The second-order valence-electron chi connectivity index (χ2n) is 5.35. The molecule has 2 unspecified atom stereocenters. The van der Waals surface area contributed by atoms with Crippen molar-refractivity contribution in [3.05, 3.63) is 23.2 Å². The number of rotatable bonds is 4. The Bertz CT molecular complexity index is 434. The van der Waals surface area contributed by atoms with Crippen LogP contribution < -0.4 is 10.1 Å². The third kappa shape index (κ3) is 2.43. The molecule has 4 heteroatoms. The van der Waals surface area contributed by atoms with Gasteiger partial charge in [-0.15, -0.1) is 0 Å². The molecule has 0 aliphatic heterocycles. The lowest BCUT2D eigenvalue weighted by Gasteiger charge is -2.49. The fraction of sp³-hybridized carbons (Fsp3) is 0.571. The number of anilines is 1. The van der Waals surface area contributed by atoms with Gasteiger partial charge in [0.25, 0.3) is 0 Å². The molecule has 0 radical (unpaired) electrons. The molecular weight excluding hydrogens is 250 g/mol. The van der Waals surface area contributed by atoms with Crippen LogP contribution in [0.4, 0.5) is 5.69 Å². The molecule has 2 rings (SSSR count). The highest BCUT2D eigenvalue weighted by molar-refractivity contribution is 6.32. The van der Waals surface area contributed by atoms with Gasteiger partial charge in [0.05, 0.1) is 17.7 Å². The van der Waals surface area contributed by atoms with Gasteiger partial charge in [-0.3, -0.25) is 0 Å². The third-order valence-corrected chi connectivity index (χ3v) is 4.08. The van der Waals surface area contributed by atoms with Crippen LogP contribution in [-0.2, 0) is 0 Å². The molecule has 1 aliphatic rings. The minimum absolute atomic E-state index is 0.0922. The zero-order valence-electron chi connectivity index (χ0n) is 11.0. The SMILES string of the molecule is CCOc1ccc(NC2CC(O)C2(C)C)cc1Cl. The molecule has 1 aromatic carbocycles. The standard InChI is InChI=1S/C14H20ClNO2/c1-4-18-11-6-5-9(7-10(11)15)16-12-8-13(17)14(12,2)3/h5-7,12-13,16-17H,4,8H2,1-3H3. The molecule has 1 aliphatic carbocycles. The Morgan fingerprint density at radius 2 is 2.22 bits per heavy atom. The summed E-state index contributed by atoms with van der Waals surface area (Å²) in [4.78, 5) is 0. The van der Waals surface area contributed by atoms with E-state index in [0.29, 0.717) is 17.4 Å². The number of aliphatic hydroxyl groups is 1. The quantitative estimate of drug-likeness (QED) is 0.881. The van der Waals surface area contributed by atoms with E-state index in [9.17, 15) is 5.11 Å². The molecule has 3 nitrogen and oxygen atoms in total. The van der Waals surface area contributed by atoms with Crippen molar-refractivity contribution in [3.63, 3.8) is 0 Å². The first-order chi connectivity index (χ1) is 8.45. The molecule has 0 heterocycles. The van der Waals surface area contributed by atoms with Crippen LogP contribution in [0.2, 0.25) is 5.02 Å². The molecule has 0 bridgehead atoms. The van der Waals surface area contributed by atoms with E-state index in [1.165, 1.54) is 0 Å². The summed E-state index contributed by atoms with van der Waals surface area (Å²) in [6.45, 7) is 6.67. The lowest BCUT2D eigenvalue weighted by molar-refractivity contribution is -0.0510. The van der Waals surface area contributed by atoms with Crippen LogP contribution in [-0.4, -0.2) is 23.9 Å². The minimum atomic E-state index is -0.229. The minimum Gasteiger partial charge on any atom is -0.492 e. The zero-order valence-corrected chi connectivity index (χ0v) is 11.8. The van der Waals surface area contributed by atoms with Crippen LogP contribution in [0.3, 0.4) is 0 Å². The number of halogens is 1. The maximum Gasteiger partial charge on any atom is 0.138 e. The van der Waals surface area contributed by atoms with Gasteiger partial charge < -0.3 is 15.2 Å². The van der Waals surface area contributed by atoms with Gasteiger partial charge in [-0.05, 0) is 31.5 Å². The summed E-state index contributed by atoms with van der Waals surface area (Å²) in [6, 6.07) is 5.97. The molecule has 0 amide bonds. The van der Waals surface area contributed by atoms with Crippen molar-refractivity contribution >= 4 is 17.3 Å². The highest BCUT2D eigenvalue weighted by Gasteiger charge is 2.47. The number of hydrogen-bond acceptors (Lipinski definition) is 3. The Kier molecular flexibility index (Phi) is 3.74. The molecule has 0 saturated heterocycles. The van der Waals surface area contributed by atoms with Crippen molar-refractivity contribution in [1.29, 1.82) is 0 Å². The molecule has 0 spiro atoms. The summed E-state index contributed by atoms with van der Waals surface area (Å²) in [7, 11) is 0. The summed E-state index contributed by atoms with van der Waals surface area (Å²) in [6.07, 6.45) is 0.547. The average molecular weight is 270 g/mol. The van der Waals surface area contributed by atoms with Crippen LogP contribution in [0.15, 0.2) is 18.2 Å². The van der Waals surface area contributed by atoms with E-state index in [-0.39, 0.29) is 17.6 Å². The Morgan fingerprint density at radius 1 is 1.50 bits per heavy atom. The molecule has 1 aromatic rings. The average Bonchev–Trinajstić information content (AvgIpc) is 2.32. The Labute approximate surface area is 113 Å². The topological polar surface area (TPSA) is 41.5 Å². The zero-order chi connectivity index (χ0) is 13.3. The first-order valence-corrected chi connectivity index (χ1v) is 6.70. The predicted octanol–water partition coefficient (Wildman–Crippen LogP) is 3.31. The van der Waals surface area contributed by atoms with Crippen molar-refractivity contribution in [1.82, 2.24) is 0 Å². The highest BCUT2D eigenvalue weighted by Crippen LogP contribution is 2.42. The lowest BCUT2D eigenvalue weighted by atomic mass is 9.64. The summed E-state index contributed by atoms with van der Waals surface area (Å²) in [5.41, 5.74) is 0.874. The molecule has 0 aromatic heterocycles. The largest absolute Gasteiger partial charge is 0.492 e. The van der Waals surface area contributed by atoms with Crippen molar-refractivity contribution in [2.75, 3.05) is 11.9 Å². The molecule has 100 valence electrons. The molecule has 2 atom stereocenters. The van der Waals surface area contributed by atoms with Gasteiger partial charge in [0.2, 0.25) is 0 Å². The Balaban J connectivity index is 2.05. The maximum atomic E-state index is 9.71. The van der Waals surface area contributed by atoms with Gasteiger partial charge in [-0.25, -0.2) is 0 Å². The van der Waals surface area contributed by atoms with E-state index >= 15 is 0 Å². The van der Waals surface area contributed by atoms with Gasteiger partial charge in [-0.2, -0.15) is 0 Å². The molecular formula is C14H20ClNO2. The molecule has 18 heavy (non-hydrogen) atoms. The number of hydrogen-bond donors (Lipinski definition) is 2. The monoisotopic (exact) mass is 269 g/mol. The number of benzene rings is 1. The van der Waals surface area contributed by atoms with Crippen molar-refractivity contribution in [2.24, 2.45) is 5.41 Å². The van der Waals surface area contributed by atoms with Crippen molar-refractivity contribution < 1.29 is 9.84 Å². The number of aliphatic hydroxyl groups excluding tert-OH is 1. The molecule has 1 fully saturated rings. The molecule has 1 saturated carbocycles. The van der Waals surface area contributed by atoms with Crippen LogP contribution in [0.25, 0.3) is 0 Å². The smallest absolute Gasteiger partial charge is 0.138 e. The Morgan fingerprint density at radius 3 is 2.72 bits per heavy atom. The van der Waals surface area contributed by atoms with Gasteiger partial charge >= 0.3 is 0 Å². The highest BCUT2D eigenvalue weighted by atomic mass is 35.5. The predicted molar refractivity (Wildman–Crippen MR) is 74.4 cm³/mol. The van der Waals surface area contributed by atoms with Crippen LogP contribution in [0.1, 0.15) is 27.2 Å². The number of ether oxygens (including phenoxy) is 1. The van der Waals surface area contributed by atoms with E-state index in [2.05, 4.69) is 19.2 Å². The van der Waals surface area contributed by atoms with E-state index in [0.717, 1.165) is 12.1 Å². The second kappa shape index (κ2) is 4.98. The van der Waals surface area contributed by atoms with Crippen LogP contribution >= 0.6 is 11.6 Å². The Hall–Kier alpha value is -0.930. The van der Waals surface area contributed by atoms with Gasteiger partial charge in [0.1, 0.15) is 5.75 Å². The third-order valence-electron chi connectivity index (χ3n) is 3.79. The summed E-state index contributed by atoms with van der Waals surface area (Å²) >= 11 is 6.14. The summed E-state index contributed by atoms with van der Waals surface area (Å²) in [5.74, 6) is 0.706. The van der Waals surface area contributed by atoms with E-state index < -0.39 is 0 Å². The summed E-state index contributed by atoms with van der Waals surface area (Å²) < 4.78 is 5.40. The van der Waals surface area contributed by atoms with Crippen LogP contribution in [0, 0.1) is 5.41 Å². The van der Waals surface area contributed by atoms with Gasteiger partial charge in [0.15, 0.2) is 0 Å². The van der Waals surface area contributed by atoms with Crippen molar-refractivity contribution in [3.8, 4) is 5.75 Å². The maximum absolute atomic E-state index is 9.71.